The van der Waals surface area contributed by atoms with E-state index in [9.17, 15) is 4.79 Å². The van der Waals surface area contributed by atoms with Crippen molar-refractivity contribution >= 4 is 6.09 Å². The van der Waals surface area contributed by atoms with E-state index in [1.165, 1.54) is 0 Å². The Labute approximate surface area is 85.6 Å². The van der Waals surface area contributed by atoms with Gasteiger partial charge < -0.3 is 10.1 Å². The number of nitrogens with two attached hydrogens (primary N) is 1. The number of amides is 1. The minimum atomic E-state index is -0.387. The van der Waals surface area contributed by atoms with Crippen LogP contribution in [0.15, 0.2) is 0 Å². The van der Waals surface area contributed by atoms with Crippen LogP contribution >= 0.6 is 0 Å². The number of quaternary nitrogens is 1. The lowest BCUT2D eigenvalue weighted by Crippen LogP contribution is -2.94. The van der Waals surface area contributed by atoms with Gasteiger partial charge in [-0.25, -0.2) is 4.79 Å². The zero-order chi connectivity index (χ0) is 10.8. The van der Waals surface area contributed by atoms with E-state index >= 15 is 0 Å². The molecule has 0 saturated carbocycles. The monoisotopic (exact) mass is 201 g/mol. The molecule has 1 rings (SSSR count). The molecule has 0 spiro atoms. The Kier molecular flexibility index (Phi) is 3.37. The summed E-state index contributed by atoms with van der Waals surface area (Å²) >= 11 is 0. The van der Waals surface area contributed by atoms with Crippen molar-refractivity contribution in [1.82, 2.24) is 4.90 Å². The SMILES string of the molecule is C[C@@H]1CN(C(=O)OC(C)(C)C)CC[NH2+]1. The van der Waals surface area contributed by atoms with E-state index < -0.39 is 0 Å². The molecule has 0 aromatic carbocycles. The first-order valence-electron chi connectivity index (χ1n) is 5.20. The van der Waals surface area contributed by atoms with Gasteiger partial charge in [0.2, 0.25) is 0 Å². The second-order valence-corrected chi connectivity index (χ2v) is 4.93. The van der Waals surface area contributed by atoms with Crippen LogP contribution in [0, 0.1) is 0 Å². The molecule has 1 heterocycles. The van der Waals surface area contributed by atoms with Crippen molar-refractivity contribution in [2.75, 3.05) is 19.6 Å². The zero-order valence-corrected chi connectivity index (χ0v) is 9.54. The maximum atomic E-state index is 11.6. The molecule has 4 heteroatoms. The topological polar surface area (TPSA) is 46.2 Å². The van der Waals surface area contributed by atoms with E-state index in [0.717, 1.165) is 19.6 Å². The highest BCUT2D eigenvalue weighted by molar-refractivity contribution is 5.68. The third-order valence-electron chi connectivity index (χ3n) is 2.13. The van der Waals surface area contributed by atoms with Crippen molar-refractivity contribution in [2.45, 2.75) is 39.3 Å². The summed E-state index contributed by atoms with van der Waals surface area (Å²) in [5.41, 5.74) is -0.387. The standard InChI is InChI=1S/C10H20N2O2/c1-8-7-12(6-5-11-8)9(13)14-10(2,3)4/h8,11H,5-7H2,1-4H3/p+1/t8-/m1/s1. The van der Waals surface area contributed by atoms with Crippen LogP contribution in [0.5, 0.6) is 0 Å². The van der Waals surface area contributed by atoms with E-state index in [1.54, 1.807) is 4.90 Å². The number of hydrogen-bond donors (Lipinski definition) is 1. The summed E-state index contributed by atoms with van der Waals surface area (Å²) in [6.45, 7) is 10.4. The Hall–Kier alpha value is -0.770. The van der Waals surface area contributed by atoms with Gasteiger partial charge in [-0.1, -0.05) is 0 Å². The molecule has 1 aliphatic rings. The first kappa shape index (κ1) is 11.3. The fourth-order valence-electron chi connectivity index (χ4n) is 1.52. The summed E-state index contributed by atoms with van der Waals surface area (Å²) in [4.78, 5) is 13.4. The van der Waals surface area contributed by atoms with Gasteiger partial charge in [-0.3, -0.25) is 4.90 Å². The van der Waals surface area contributed by atoms with E-state index in [2.05, 4.69) is 12.2 Å². The Balaban J connectivity index is 2.44. The number of carbonyl (C=O) groups excluding carboxylic acids is 1. The van der Waals surface area contributed by atoms with Gasteiger partial charge in [-0.05, 0) is 27.7 Å². The quantitative estimate of drug-likeness (QED) is 0.608. The fraction of sp³-hybridized carbons (Fsp3) is 0.900. The van der Waals surface area contributed by atoms with Gasteiger partial charge in [0.1, 0.15) is 11.6 Å². The number of ether oxygens (including phenoxy) is 1. The highest BCUT2D eigenvalue weighted by atomic mass is 16.6. The van der Waals surface area contributed by atoms with Crippen molar-refractivity contribution in [3.63, 3.8) is 0 Å². The van der Waals surface area contributed by atoms with Crippen LogP contribution in [0.3, 0.4) is 0 Å². The van der Waals surface area contributed by atoms with Crippen LogP contribution in [-0.4, -0.2) is 42.3 Å². The molecule has 0 radical (unpaired) electrons. The Morgan fingerprint density at radius 3 is 2.64 bits per heavy atom. The predicted molar refractivity (Wildman–Crippen MR) is 54.1 cm³/mol. The van der Waals surface area contributed by atoms with Crippen molar-refractivity contribution in [2.24, 2.45) is 0 Å². The smallest absolute Gasteiger partial charge is 0.410 e. The zero-order valence-electron chi connectivity index (χ0n) is 9.54. The lowest BCUT2D eigenvalue weighted by molar-refractivity contribution is -0.693. The molecule has 1 atom stereocenters. The van der Waals surface area contributed by atoms with Crippen molar-refractivity contribution in [1.29, 1.82) is 0 Å². The van der Waals surface area contributed by atoms with Crippen LogP contribution in [0.4, 0.5) is 4.79 Å². The summed E-state index contributed by atoms with van der Waals surface area (Å²) in [6, 6.07) is 0.483. The number of piperazine rings is 1. The van der Waals surface area contributed by atoms with Crippen LogP contribution in [-0.2, 0) is 4.74 Å². The minimum absolute atomic E-state index is 0.183. The van der Waals surface area contributed by atoms with Crippen molar-refractivity contribution < 1.29 is 14.8 Å². The molecule has 0 aliphatic carbocycles. The second-order valence-electron chi connectivity index (χ2n) is 4.93. The Bertz CT molecular complexity index is 211. The van der Waals surface area contributed by atoms with Gasteiger partial charge in [-0.15, -0.1) is 0 Å². The van der Waals surface area contributed by atoms with Gasteiger partial charge in [0.15, 0.2) is 0 Å². The molecule has 1 saturated heterocycles. The number of nitrogens with zero attached hydrogens (tertiary/aromatic N) is 1. The maximum absolute atomic E-state index is 11.6. The highest BCUT2D eigenvalue weighted by Crippen LogP contribution is 2.10. The van der Waals surface area contributed by atoms with E-state index in [1.807, 2.05) is 20.8 Å². The number of hydrogen-bond acceptors (Lipinski definition) is 2. The minimum Gasteiger partial charge on any atom is -0.444 e. The lowest BCUT2D eigenvalue weighted by atomic mass is 10.2. The molecule has 2 N–H and O–H groups in total. The molecule has 0 bridgehead atoms. The summed E-state index contributed by atoms with van der Waals surface area (Å²) in [6.07, 6.45) is -0.183. The molecule has 0 aromatic rings. The third-order valence-corrected chi connectivity index (χ3v) is 2.13. The fourth-order valence-corrected chi connectivity index (χ4v) is 1.52. The largest absolute Gasteiger partial charge is 0.444 e. The molecule has 4 nitrogen and oxygen atoms in total. The van der Waals surface area contributed by atoms with Gasteiger partial charge in [0.05, 0.1) is 19.6 Å². The van der Waals surface area contributed by atoms with Crippen LogP contribution in [0.25, 0.3) is 0 Å². The Morgan fingerprint density at radius 1 is 1.50 bits per heavy atom. The normalized spacial score (nSPS) is 23.4. The van der Waals surface area contributed by atoms with Crippen LogP contribution in [0.2, 0.25) is 0 Å². The van der Waals surface area contributed by atoms with Crippen LogP contribution < -0.4 is 5.32 Å². The van der Waals surface area contributed by atoms with Gasteiger partial charge in [0, 0.05) is 0 Å². The highest BCUT2D eigenvalue weighted by Gasteiger charge is 2.27. The molecule has 0 unspecified atom stereocenters. The molecule has 0 aromatic heterocycles. The molecule has 82 valence electrons. The maximum Gasteiger partial charge on any atom is 0.410 e. The summed E-state index contributed by atoms with van der Waals surface area (Å²) in [7, 11) is 0. The molecule has 14 heavy (non-hydrogen) atoms. The first-order valence-corrected chi connectivity index (χ1v) is 5.20. The van der Waals surface area contributed by atoms with Gasteiger partial charge >= 0.3 is 6.09 Å². The summed E-state index contributed by atoms with van der Waals surface area (Å²) in [5, 5.41) is 2.25. The summed E-state index contributed by atoms with van der Waals surface area (Å²) in [5.74, 6) is 0. The lowest BCUT2D eigenvalue weighted by Gasteiger charge is -2.31. The van der Waals surface area contributed by atoms with Crippen molar-refractivity contribution in [3.05, 3.63) is 0 Å². The van der Waals surface area contributed by atoms with Gasteiger partial charge in [-0.2, -0.15) is 0 Å². The van der Waals surface area contributed by atoms with E-state index in [0.29, 0.717) is 6.04 Å². The molecular weight excluding hydrogens is 180 g/mol. The number of carbonyl (C=O) groups is 1. The average Bonchev–Trinajstić information content (AvgIpc) is 2.01. The average molecular weight is 201 g/mol. The Morgan fingerprint density at radius 2 is 2.14 bits per heavy atom. The van der Waals surface area contributed by atoms with E-state index in [-0.39, 0.29) is 11.7 Å². The summed E-state index contributed by atoms with van der Waals surface area (Å²) < 4.78 is 5.30. The van der Waals surface area contributed by atoms with Gasteiger partial charge in [0.25, 0.3) is 0 Å². The molecular formula is C10H21N2O2+. The number of rotatable bonds is 0. The van der Waals surface area contributed by atoms with Crippen molar-refractivity contribution in [3.8, 4) is 0 Å². The van der Waals surface area contributed by atoms with E-state index in [4.69, 9.17) is 4.74 Å². The molecule has 1 amide bonds. The van der Waals surface area contributed by atoms with Crippen LogP contribution in [0.1, 0.15) is 27.7 Å². The third kappa shape index (κ3) is 3.54. The predicted octanol–water partition coefficient (Wildman–Crippen LogP) is 0.189. The molecule has 1 aliphatic heterocycles. The second kappa shape index (κ2) is 4.17. The first-order chi connectivity index (χ1) is 6.38. The molecule has 1 fully saturated rings.